The van der Waals surface area contributed by atoms with Crippen molar-refractivity contribution < 1.29 is 0 Å². The minimum Gasteiger partial charge on any atom is -0.295 e. The number of nitrogens with zero attached hydrogens (tertiary/aromatic N) is 4. The van der Waals surface area contributed by atoms with Crippen LogP contribution in [0, 0.1) is 0 Å². The van der Waals surface area contributed by atoms with Gasteiger partial charge in [0.05, 0.1) is 39.1 Å². The molecule has 7 aromatic carbocycles. The summed E-state index contributed by atoms with van der Waals surface area (Å²) < 4.78 is 4.92. The van der Waals surface area contributed by atoms with Crippen LogP contribution >= 0.6 is 11.8 Å². The zero-order valence-electron chi connectivity index (χ0n) is 27.4. The Bertz CT molecular complexity index is 2990. The molecule has 0 atom stereocenters. The number of rotatable bonds is 4. The van der Waals surface area contributed by atoms with Crippen LogP contribution in [0.5, 0.6) is 0 Å². The largest absolute Gasteiger partial charge is 0.295 e. The van der Waals surface area contributed by atoms with E-state index >= 15 is 0 Å². The van der Waals surface area contributed by atoms with Crippen molar-refractivity contribution in [2.75, 3.05) is 0 Å². The van der Waals surface area contributed by atoms with Gasteiger partial charge >= 0.3 is 0 Å². The first kappa shape index (κ1) is 28.4. The summed E-state index contributed by atoms with van der Waals surface area (Å²) in [5.41, 5.74) is 13.8. The fourth-order valence-corrected chi connectivity index (χ4v) is 9.01. The summed E-state index contributed by atoms with van der Waals surface area (Å²) in [6, 6.07) is 60.3. The first-order valence-electron chi connectivity index (χ1n) is 17.2. The number of hydrogen-bond donors (Lipinski definition) is 0. The molecule has 0 saturated carbocycles. The average Bonchev–Trinajstić information content (AvgIpc) is 3.72. The lowest BCUT2D eigenvalue weighted by atomic mass is 9.96. The third-order valence-corrected chi connectivity index (χ3v) is 11.2. The number of para-hydroxylation sites is 5. The van der Waals surface area contributed by atoms with Crippen molar-refractivity contribution in [1.29, 1.82) is 0 Å². The molecule has 4 heterocycles. The fraction of sp³-hybridized carbons (Fsp3) is 0. The van der Waals surface area contributed by atoms with E-state index < -0.39 is 0 Å². The van der Waals surface area contributed by atoms with E-state index in [9.17, 15) is 0 Å². The quantitative estimate of drug-likeness (QED) is 0.187. The smallest absolute Gasteiger partial charge is 0.131 e. The van der Waals surface area contributed by atoms with Crippen molar-refractivity contribution in [3.05, 3.63) is 170 Å². The molecule has 0 amide bonds. The molecule has 238 valence electrons. The van der Waals surface area contributed by atoms with Gasteiger partial charge in [0.25, 0.3) is 0 Å². The second kappa shape index (κ2) is 11.0. The van der Waals surface area contributed by atoms with Gasteiger partial charge in [-0.1, -0.05) is 127 Å². The molecule has 0 radical (unpaired) electrons. The molecule has 3 aromatic heterocycles. The molecule has 0 saturated heterocycles. The fourth-order valence-electron chi connectivity index (χ4n) is 7.92. The molecule has 1 aliphatic rings. The van der Waals surface area contributed by atoms with E-state index in [0.717, 1.165) is 56.0 Å². The molecule has 0 spiro atoms. The summed E-state index contributed by atoms with van der Waals surface area (Å²) in [6.45, 7) is 0. The molecule has 4 nitrogen and oxygen atoms in total. The number of aromatic nitrogens is 4. The van der Waals surface area contributed by atoms with Crippen LogP contribution in [-0.2, 0) is 0 Å². The summed E-state index contributed by atoms with van der Waals surface area (Å²) >= 11 is 1.85. The van der Waals surface area contributed by atoms with E-state index in [2.05, 4.69) is 167 Å². The molecule has 10 aromatic rings. The van der Waals surface area contributed by atoms with Crippen LogP contribution in [-0.4, -0.2) is 19.1 Å². The van der Waals surface area contributed by atoms with Crippen LogP contribution in [0.15, 0.2) is 180 Å². The second-order valence-corrected chi connectivity index (χ2v) is 14.1. The minimum absolute atomic E-state index is 0.870. The Kier molecular flexibility index (Phi) is 6.15. The van der Waals surface area contributed by atoms with Gasteiger partial charge in [0.15, 0.2) is 0 Å². The Hall–Kier alpha value is -6.43. The summed E-state index contributed by atoms with van der Waals surface area (Å²) in [5.74, 6) is 0. The van der Waals surface area contributed by atoms with Gasteiger partial charge in [-0.2, -0.15) is 0 Å². The van der Waals surface area contributed by atoms with Gasteiger partial charge in [-0.15, -0.1) is 0 Å². The summed E-state index contributed by atoms with van der Waals surface area (Å²) in [7, 11) is 0. The molecular weight excluding hydrogens is 641 g/mol. The number of fused-ring (bicyclic) bond motifs is 8. The summed E-state index contributed by atoms with van der Waals surface area (Å²) in [5, 5.41) is 3.63. The lowest BCUT2D eigenvalue weighted by Crippen LogP contribution is -2.05. The first-order chi connectivity index (χ1) is 25.3. The van der Waals surface area contributed by atoms with Crippen molar-refractivity contribution in [1.82, 2.24) is 19.1 Å². The normalized spacial score (nSPS) is 12.2. The van der Waals surface area contributed by atoms with Crippen molar-refractivity contribution >= 4 is 55.6 Å². The van der Waals surface area contributed by atoms with Gasteiger partial charge in [0.2, 0.25) is 0 Å². The second-order valence-electron chi connectivity index (χ2n) is 13.0. The topological polar surface area (TPSA) is 35.6 Å². The molecular formula is C46H28N4S. The Morgan fingerprint density at radius 1 is 0.451 bits per heavy atom. The van der Waals surface area contributed by atoms with E-state index in [1.807, 2.05) is 23.9 Å². The van der Waals surface area contributed by atoms with E-state index in [4.69, 9.17) is 9.97 Å². The molecule has 0 bridgehead atoms. The molecule has 0 unspecified atom stereocenters. The lowest BCUT2D eigenvalue weighted by Gasteiger charge is -2.21. The highest BCUT2D eigenvalue weighted by Gasteiger charge is 2.29. The summed E-state index contributed by atoms with van der Waals surface area (Å²) in [6.07, 6.45) is 0. The molecule has 11 rings (SSSR count). The average molecular weight is 669 g/mol. The van der Waals surface area contributed by atoms with Gasteiger partial charge in [0, 0.05) is 42.8 Å². The standard InChI is InChI=1S/C46H28N4S/c1-3-14-29(15-4-1)30-16-11-17-31(28-30)43-44(48-36-23-8-7-22-35(36)47-43)33-20-12-25-38-41(33)42-34-21-13-27-40-45(34)50(37-24-9-10-26-39(37)51-40)46(42)49(38)32-18-5-2-6-19-32/h1-28H. The predicted octanol–water partition coefficient (Wildman–Crippen LogP) is 12.1. The molecule has 0 aliphatic carbocycles. The monoisotopic (exact) mass is 668 g/mol. The highest BCUT2D eigenvalue weighted by molar-refractivity contribution is 7.99. The van der Waals surface area contributed by atoms with E-state index in [-0.39, 0.29) is 0 Å². The van der Waals surface area contributed by atoms with Gasteiger partial charge < -0.3 is 0 Å². The van der Waals surface area contributed by atoms with Crippen LogP contribution in [0.1, 0.15) is 0 Å². The van der Waals surface area contributed by atoms with Crippen LogP contribution in [0.4, 0.5) is 0 Å². The minimum atomic E-state index is 0.870. The van der Waals surface area contributed by atoms with Crippen LogP contribution < -0.4 is 0 Å². The maximum Gasteiger partial charge on any atom is 0.131 e. The number of benzene rings is 7. The molecule has 51 heavy (non-hydrogen) atoms. The zero-order chi connectivity index (χ0) is 33.5. The van der Waals surface area contributed by atoms with Gasteiger partial charge in [-0.25, -0.2) is 9.97 Å². The third kappa shape index (κ3) is 4.22. The van der Waals surface area contributed by atoms with E-state index in [1.165, 1.54) is 42.7 Å². The van der Waals surface area contributed by atoms with Crippen molar-refractivity contribution in [2.45, 2.75) is 9.79 Å². The van der Waals surface area contributed by atoms with E-state index in [1.54, 1.807) is 0 Å². The molecule has 5 heteroatoms. The van der Waals surface area contributed by atoms with E-state index in [0.29, 0.717) is 0 Å². The van der Waals surface area contributed by atoms with Gasteiger partial charge in [-0.3, -0.25) is 9.13 Å². The predicted molar refractivity (Wildman–Crippen MR) is 211 cm³/mol. The highest BCUT2D eigenvalue weighted by atomic mass is 32.2. The van der Waals surface area contributed by atoms with Crippen molar-refractivity contribution in [3.8, 4) is 45.0 Å². The molecule has 0 N–H and O–H groups in total. The Balaban J connectivity index is 1.30. The Morgan fingerprint density at radius 2 is 1.10 bits per heavy atom. The third-order valence-electron chi connectivity index (χ3n) is 10.1. The Morgan fingerprint density at radius 3 is 1.94 bits per heavy atom. The Labute approximate surface area is 298 Å². The zero-order valence-corrected chi connectivity index (χ0v) is 28.2. The number of hydrogen-bond acceptors (Lipinski definition) is 3. The van der Waals surface area contributed by atoms with Crippen molar-refractivity contribution in [2.24, 2.45) is 0 Å². The van der Waals surface area contributed by atoms with Crippen LogP contribution in [0.3, 0.4) is 0 Å². The summed E-state index contributed by atoms with van der Waals surface area (Å²) in [4.78, 5) is 13.3. The van der Waals surface area contributed by atoms with Gasteiger partial charge in [0.1, 0.15) is 5.65 Å². The van der Waals surface area contributed by atoms with Crippen molar-refractivity contribution in [3.63, 3.8) is 0 Å². The lowest BCUT2D eigenvalue weighted by molar-refractivity contribution is 1.03. The molecule has 0 fully saturated rings. The first-order valence-corrected chi connectivity index (χ1v) is 18.0. The maximum atomic E-state index is 5.45. The van der Waals surface area contributed by atoms with Crippen LogP contribution in [0.25, 0.3) is 88.9 Å². The maximum absolute atomic E-state index is 5.45. The van der Waals surface area contributed by atoms with Crippen LogP contribution in [0.2, 0.25) is 0 Å². The SMILES string of the molecule is c1ccc(-c2cccc(-c3nc4ccccc4nc3-c3cccc4c3c3c5cccc6c5n(c3n4-c3ccccc3)-c3ccccc3S6)c2)cc1. The molecule has 1 aliphatic heterocycles. The highest BCUT2D eigenvalue weighted by Crippen LogP contribution is 2.51. The van der Waals surface area contributed by atoms with Gasteiger partial charge in [-0.05, 0) is 65.7 Å².